The molecule has 2 atom stereocenters. The first-order valence-electron chi connectivity index (χ1n) is 7.49. The number of hydrogen-bond acceptors (Lipinski definition) is 3. The van der Waals surface area contributed by atoms with Gasteiger partial charge in [0.25, 0.3) is 5.91 Å². The van der Waals surface area contributed by atoms with E-state index in [0.29, 0.717) is 0 Å². The summed E-state index contributed by atoms with van der Waals surface area (Å²) in [6.45, 7) is 0.990. The van der Waals surface area contributed by atoms with Crippen LogP contribution in [0.1, 0.15) is 22.8 Å². The third-order valence-electron chi connectivity index (χ3n) is 4.02. The zero-order chi connectivity index (χ0) is 17.9. The lowest BCUT2D eigenvalue weighted by Gasteiger charge is -2.18. The van der Waals surface area contributed by atoms with E-state index in [4.69, 9.17) is 5.11 Å². The monoisotopic (exact) mass is 361 g/mol. The van der Waals surface area contributed by atoms with Crippen LogP contribution in [0.25, 0.3) is 0 Å². The summed E-state index contributed by atoms with van der Waals surface area (Å²) in [7, 11) is 0. The average Bonchev–Trinajstić information content (AvgIpc) is 2.98. The predicted molar refractivity (Wildman–Crippen MR) is 84.9 cm³/mol. The van der Waals surface area contributed by atoms with Crippen molar-refractivity contribution in [1.29, 1.82) is 0 Å². The Labute approximate surface area is 142 Å². The summed E-state index contributed by atoms with van der Waals surface area (Å²) >= 11 is 1.72. The van der Waals surface area contributed by atoms with Crippen LogP contribution >= 0.6 is 11.8 Å². The first-order chi connectivity index (χ1) is 11.2. The van der Waals surface area contributed by atoms with Crippen molar-refractivity contribution in [1.82, 2.24) is 4.90 Å². The van der Waals surface area contributed by atoms with Crippen LogP contribution in [0.5, 0.6) is 0 Å². The van der Waals surface area contributed by atoms with E-state index in [2.05, 4.69) is 0 Å². The van der Waals surface area contributed by atoms with Gasteiger partial charge in [0, 0.05) is 24.4 Å². The molecule has 1 aliphatic rings. The van der Waals surface area contributed by atoms with E-state index in [1.807, 2.05) is 6.92 Å². The van der Waals surface area contributed by atoms with Crippen LogP contribution in [0, 0.1) is 11.8 Å². The molecule has 2 rings (SSSR count). The Morgan fingerprint density at radius 2 is 1.88 bits per heavy atom. The molecule has 1 amide bonds. The van der Waals surface area contributed by atoms with Crippen molar-refractivity contribution in [2.24, 2.45) is 11.8 Å². The van der Waals surface area contributed by atoms with Crippen molar-refractivity contribution in [2.45, 2.75) is 18.9 Å². The van der Waals surface area contributed by atoms with Crippen LogP contribution in [0.4, 0.5) is 13.2 Å². The Hall–Kier alpha value is -1.70. The molecule has 1 aromatic carbocycles. The van der Waals surface area contributed by atoms with E-state index < -0.39 is 43.0 Å². The molecule has 0 unspecified atom stereocenters. The van der Waals surface area contributed by atoms with Gasteiger partial charge in [0.15, 0.2) is 0 Å². The Bertz CT molecular complexity index is 604. The summed E-state index contributed by atoms with van der Waals surface area (Å²) < 4.78 is 38.9. The minimum atomic E-state index is -4.64. The molecule has 4 nitrogen and oxygen atoms in total. The van der Waals surface area contributed by atoms with Gasteiger partial charge in [-0.2, -0.15) is 24.9 Å². The summed E-state index contributed by atoms with van der Waals surface area (Å²) in [6.07, 6.45) is -4.64. The van der Waals surface area contributed by atoms with Gasteiger partial charge in [-0.1, -0.05) is 19.1 Å². The molecule has 8 heteroatoms. The quantitative estimate of drug-likeness (QED) is 0.875. The fraction of sp³-hybridized carbons (Fsp3) is 0.500. The smallest absolute Gasteiger partial charge is 0.394 e. The number of hydrogen-bond donors (Lipinski definition) is 1. The summed E-state index contributed by atoms with van der Waals surface area (Å²) in [4.78, 5) is 24.4. The molecule has 0 aromatic heterocycles. The van der Waals surface area contributed by atoms with Crippen molar-refractivity contribution >= 4 is 23.6 Å². The first-order valence-corrected chi connectivity index (χ1v) is 8.65. The molecule has 24 heavy (non-hydrogen) atoms. The average molecular weight is 361 g/mol. The topological polar surface area (TPSA) is 57.6 Å². The van der Waals surface area contributed by atoms with Crippen LogP contribution in [0.15, 0.2) is 24.3 Å². The number of halogens is 3. The van der Waals surface area contributed by atoms with Gasteiger partial charge in [-0.25, -0.2) is 0 Å². The highest BCUT2D eigenvalue weighted by Gasteiger charge is 2.53. The lowest BCUT2D eigenvalue weighted by Crippen LogP contribution is -2.34. The van der Waals surface area contributed by atoms with Gasteiger partial charge in [0.2, 0.25) is 0 Å². The van der Waals surface area contributed by atoms with E-state index in [0.717, 1.165) is 22.0 Å². The maximum Gasteiger partial charge on any atom is 0.394 e. The molecule has 0 spiro atoms. The molecule has 132 valence electrons. The lowest BCUT2D eigenvalue weighted by atomic mass is 9.96. The molecule has 1 N–H and O–H groups in total. The number of carbonyl (C=O) groups excluding carboxylic acids is 1. The van der Waals surface area contributed by atoms with E-state index in [1.165, 1.54) is 0 Å². The van der Waals surface area contributed by atoms with Crippen LogP contribution in [0.3, 0.4) is 0 Å². The van der Waals surface area contributed by atoms with E-state index in [1.54, 1.807) is 36.0 Å². The van der Waals surface area contributed by atoms with Crippen molar-refractivity contribution in [3.63, 3.8) is 0 Å². The maximum absolute atomic E-state index is 13.0. The van der Waals surface area contributed by atoms with Crippen molar-refractivity contribution in [3.05, 3.63) is 35.4 Å². The third-order valence-corrected chi connectivity index (χ3v) is 4.96. The van der Waals surface area contributed by atoms with Gasteiger partial charge in [-0.15, -0.1) is 0 Å². The molecule has 1 aliphatic heterocycles. The highest BCUT2D eigenvalue weighted by molar-refractivity contribution is 7.98. The minimum Gasteiger partial charge on any atom is -0.481 e. The largest absolute Gasteiger partial charge is 0.481 e. The molecule has 1 saturated heterocycles. The SMILES string of the molecule is CCSCc1ccc(C(=O)N2C[C@@H](C(F)(F)F)[C@H](C(=O)O)C2)cc1. The number of rotatable bonds is 5. The Balaban J connectivity index is 2.11. The second-order valence-electron chi connectivity index (χ2n) is 5.64. The van der Waals surface area contributed by atoms with Gasteiger partial charge in [0.1, 0.15) is 0 Å². The summed E-state index contributed by atoms with van der Waals surface area (Å²) in [6, 6.07) is 6.68. The van der Waals surface area contributed by atoms with Crippen LogP contribution < -0.4 is 0 Å². The number of aliphatic carboxylic acids is 1. The number of carboxylic acid groups (broad SMARTS) is 1. The molecule has 0 bridgehead atoms. The van der Waals surface area contributed by atoms with Gasteiger partial charge in [-0.05, 0) is 23.4 Å². The second kappa shape index (κ2) is 7.46. The number of alkyl halides is 3. The van der Waals surface area contributed by atoms with Crippen LogP contribution in [0.2, 0.25) is 0 Å². The van der Waals surface area contributed by atoms with Crippen molar-refractivity contribution in [3.8, 4) is 0 Å². The first kappa shape index (κ1) is 18.6. The standard InChI is InChI=1S/C16H18F3NO3S/c1-2-24-9-10-3-5-11(6-4-10)14(21)20-7-12(15(22)23)13(8-20)16(17,18)19/h3-6,12-13H,2,7-9H2,1H3,(H,22,23)/t12-,13-/m1/s1. The summed E-state index contributed by atoms with van der Waals surface area (Å²) in [5.41, 5.74) is 1.30. The van der Waals surface area contributed by atoms with E-state index in [-0.39, 0.29) is 5.56 Å². The molecule has 0 aliphatic carbocycles. The van der Waals surface area contributed by atoms with Crippen molar-refractivity contribution < 1.29 is 27.9 Å². The number of carboxylic acids is 1. The maximum atomic E-state index is 13.0. The normalized spacial score (nSPS) is 21.1. The van der Waals surface area contributed by atoms with Gasteiger partial charge in [-0.3, -0.25) is 9.59 Å². The van der Waals surface area contributed by atoms with Gasteiger partial charge < -0.3 is 10.0 Å². The molecular weight excluding hydrogens is 343 g/mol. The number of carbonyl (C=O) groups is 2. The fourth-order valence-electron chi connectivity index (χ4n) is 2.70. The number of benzene rings is 1. The predicted octanol–water partition coefficient (Wildman–Crippen LogP) is 3.27. The molecule has 1 heterocycles. The third kappa shape index (κ3) is 4.23. The lowest BCUT2D eigenvalue weighted by molar-refractivity contribution is -0.187. The Kier molecular flexibility index (Phi) is 5.79. The highest BCUT2D eigenvalue weighted by atomic mass is 32.2. The molecule has 1 aromatic rings. The number of nitrogens with zero attached hydrogens (tertiary/aromatic N) is 1. The molecule has 0 radical (unpaired) electrons. The zero-order valence-electron chi connectivity index (χ0n) is 13.0. The number of thioether (sulfide) groups is 1. The van der Waals surface area contributed by atoms with Crippen molar-refractivity contribution in [2.75, 3.05) is 18.8 Å². The number of likely N-dealkylation sites (tertiary alicyclic amines) is 1. The molecular formula is C16H18F3NO3S. The van der Waals surface area contributed by atoms with Crippen LogP contribution in [-0.4, -0.2) is 46.9 Å². The van der Waals surface area contributed by atoms with E-state index >= 15 is 0 Å². The number of amides is 1. The Morgan fingerprint density at radius 3 is 2.33 bits per heavy atom. The molecule has 1 fully saturated rings. The minimum absolute atomic E-state index is 0.271. The highest BCUT2D eigenvalue weighted by Crippen LogP contribution is 2.38. The van der Waals surface area contributed by atoms with Gasteiger partial charge >= 0.3 is 12.1 Å². The fourth-order valence-corrected chi connectivity index (χ4v) is 3.33. The van der Waals surface area contributed by atoms with Crippen LogP contribution in [-0.2, 0) is 10.5 Å². The van der Waals surface area contributed by atoms with E-state index in [9.17, 15) is 22.8 Å². The molecule has 0 saturated carbocycles. The zero-order valence-corrected chi connectivity index (χ0v) is 13.9. The summed E-state index contributed by atoms with van der Waals surface area (Å²) in [5, 5.41) is 9.00. The second-order valence-corrected chi connectivity index (χ2v) is 6.91. The Morgan fingerprint density at radius 1 is 1.25 bits per heavy atom. The summed E-state index contributed by atoms with van der Waals surface area (Å²) in [5.74, 6) is -3.98. The van der Waals surface area contributed by atoms with Gasteiger partial charge in [0.05, 0.1) is 11.8 Å².